The van der Waals surface area contributed by atoms with Gasteiger partial charge >= 0.3 is 5.97 Å². The van der Waals surface area contributed by atoms with Crippen LogP contribution in [0.3, 0.4) is 0 Å². The highest BCUT2D eigenvalue weighted by atomic mass is 16.4. The van der Waals surface area contributed by atoms with Crippen molar-refractivity contribution in [1.29, 1.82) is 0 Å². The van der Waals surface area contributed by atoms with E-state index in [1.807, 2.05) is 0 Å². The van der Waals surface area contributed by atoms with Gasteiger partial charge in [-0.3, -0.25) is 4.79 Å². The number of hydrogen-bond donors (Lipinski definition) is 1. The van der Waals surface area contributed by atoms with Crippen molar-refractivity contribution in [2.75, 3.05) is 0 Å². The second-order valence-corrected chi connectivity index (χ2v) is 3.81. The number of aliphatic carboxylic acids is 1. The van der Waals surface area contributed by atoms with Gasteiger partial charge in [-0.25, -0.2) is 0 Å². The lowest BCUT2D eigenvalue weighted by Gasteiger charge is -2.05. The van der Waals surface area contributed by atoms with Crippen LogP contribution in [0.5, 0.6) is 0 Å². The van der Waals surface area contributed by atoms with Crippen LogP contribution in [0.1, 0.15) is 44.1 Å². The molecule has 0 amide bonds. The fourth-order valence-corrected chi connectivity index (χ4v) is 1.51. The van der Waals surface area contributed by atoms with Crippen LogP contribution in [-0.4, -0.2) is 16.9 Å². The van der Waals surface area contributed by atoms with E-state index in [9.17, 15) is 9.59 Å². The monoisotopic (exact) mass is 224 g/mol. The van der Waals surface area contributed by atoms with Crippen molar-refractivity contribution >= 4 is 11.8 Å². The fraction of sp³-hybridized carbons (Fsp3) is 0.500. The lowest BCUT2D eigenvalue weighted by Crippen LogP contribution is -2.09. The minimum atomic E-state index is -0.880. The number of rotatable bonds is 6. The number of hydrogen-bond acceptors (Lipinski definition) is 3. The van der Waals surface area contributed by atoms with Gasteiger partial charge in [-0.05, 0) is 25.5 Å². The van der Waals surface area contributed by atoms with Crippen molar-refractivity contribution in [3.63, 3.8) is 0 Å². The van der Waals surface area contributed by atoms with E-state index in [0.717, 1.165) is 0 Å². The highest BCUT2D eigenvalue weighted by Gasteiger charge is 2.21. The smallest absolute Gasteiger partial charge is 0.314 e. The van der Waals surface area contributed by atoms with Gasteiger partial charge in [0.1, 0.15) is 23.2 Å². The first kappa shape index (κ1) is 12.5. The molecule has 88 valence electrons. The molecule has 1 aromatic heterocycles. The van der Waals surface area contributed by atoms with Crippen LogP contribution in [0.2, 0.25) is 0 Å². The zero-order valence-corrected chi connectivity index (χ0v) is 9.53. The topological polar surface area (TPSA) is 67.5 Å². The SMILES string of the molecule is CCC(C(=O)O)c1ccc(CCC(C)=O)o1. The van der Waals surface area contributed by atoms with Crippen LogP contribution < -0.4 is 0 Å². The summed E-state index contributed by atoms with van der Waals surface area (Å²) >= 11 is 0. The zero-order chi connectivity index (χ0) is 12.1. The van der Waals surface area contributed by atoms with Gasteiger partial charge in [-0.15, -0.1) is 0 Å². The Hall–Kier alpha value is -1.58. The van der Waals surface area contributed by atoms with Gasteiger partial charge in [0, 0.05) is 12.8 Å². The van der Waals surface area contributed by atoms with Crippen molar-refractivity contribution in [2.45, 2.75) is 39.0 Å². The van der Waals surface area contributed by atoms with E-state index in [4.69, 9.17) is 9.52 Å². The minimum Gasteiger partial charge on any atom is -0.481 e. The largest absolute Gasteiger partial charge is 0.481 e. The molecule has 0 saturated heterocycles. The van der Waals surface area contributed by atoms with Crippen molar-refractivity contribution in [1.82, 2.24) is 0 Å². The molecular weight excluding hydrogens is 208 g/mol. The Balaban J connectivity index is 2.69. The number of aryl methyl sites for hydroxylation is 1. The average Bonchev–Trinajstić information content (AvgIpc) is 2.64. The van der Waals surface area contributed by atoms with E-state index in [2.05, 4.69) is 0 Å². The van der Waals surface area contributed by atoms with Crippen LogP contribution in [0.15, 0.2) is 16.5 Å². The van der Waals surface area contributed by atoms with Crippen molar-refractivity contribution in [3.8, 4) is 0 Å². The lowest BCUT2D eigenvalue weighted by atomic mass is 10.0. The van der Waals surface area contributed by atoms with Crippen LogP contribution in [0.25, 0.3) is 0 Å². The predicted octanol–water partition coefficient (Wildman–Crippen LogP) is 2.38. The summed E-state index contributed by atoms with van der Waals surface area (Å²) in [6.07, 6.45) is 1.46. The average molecular weight is 224 g/mol. The van der Waals surface area contributed by atoms with E-state index in [1.54, 1.807) is 19.1 Å². The number of Topliss-reactive ketones (excluding diaryl/α,β-unsaturated/α-hetero) is 1. The molecule has 0 spiro atoms. The molecule has 1 heterocycles. The first-order chi connectivity index (χ1) is 7.54. The van der Waals surface area contributed by atoms with Gasteiger partial charge in [-0.1, -0.05) is 6.92 Å². The van der Waals surface area contributed by atoms with Crippen LogP contribution >= 0.6 is 0 Å². The van der Waals surface area contributed by atoms with Crippen molar-refractivity contribution < 1.29 is 19.1 Å². The minimum absolute atomic E-state index is 0.100. The van der Waals surface area contributed by atoms with Gasteiger partial charge in [0.2, 0.25) is 0 Å². The molecule has 0 saturated carbocycles. The molecule has 16 heavy (non-hydrogen) atoms. The molecule has 0 radical (unpaired) electrons. The van der Waals surface area contributed by atoms with Crippen LogP contribution in [-0.2, 0) is 16.0 Å². The molecule has 1 unspecified atom stereocenters. The molecule has 0 aliphatic rings. The third-order valence-electron chi connectivity index (χ3n) is 2.46. The number of carboxylic acid groups (broad SMARTS) is 1. The van der Waals surface area contributed by atoms with Gasteiger partial charge in [0.25, 0.3) is 0 Å². The van der Waals surface area contributed by atoms with Gasteiger partial charge < -0.3 is 14.3 Å². The molecule has 1 rings (SSSR count). The summed E-state index contributed by atoms with van der Waals surface area (Å²) < 4.78 is 5.42. The Kier molecular flexibility index (Phi) is 4.28. The van der Waals surface area contributed by atoms with Gasteiger partial charge in [-0.2, -0.15) is 0 Å². The van der Waals surface area contributed by atoms with E-state index in [0.29, 0.717) is 30.8 Å². The molecule has 4 nitrogen and oxygen atoms in total. The number of ketones is 1. The Morgan fingerprint density at radius 3 is 2.62 bits per heavy atom. The molecule has 1 aromatic rings. The molecule has 4 heteroatoms. The number of carbonyl (C=O) groups excluding carboxylic acids is 1. The summed E-state index contributed by atoms with van der Waals surface area (Å²) in [4.78, 5) is 21.7. The Morgan fingerprint density at radius 2 is 2.12 bits per heavy atom. The summed E-state index contributed by atoms with van der Waals surface area (Å²) in [5.41, 5.74) is 0. The molecule has 0 aliphatic carbocycles. The first-order valence-electron chi connectivity index (χ1n) is 5.35. The number of furan rings is 1. The van der Waals surface area contributed by atoms with Gasteiger partial charge in [0.05, 0.1) is 0 Å². The molecule has 0 aliphatic heterocycles. The van der Waals surface area contributed by atoms with Crippen LogP contribution in [0, 0.1) is 0 Å². The molecule has 0 fully saturated rings. The summed E-state index contributed by atoms with van der Waals surface area (Å²) in [5.74, 6) is -0.234. The number of carboxylic acids is 1. The van der Waals surface area contributed by atoms with Crippen LogP contribution in [0.4, 0.5) is 0 Å². The maximum absolute atomic E-state index is 10.9. The summed E-state index contributed by atoms with van der Waals surface area (Å²) in [6, 6.07) is 3.42. The number of carbonyl (C=O) groups is 2. The first-order valence-corrected chi connectivity index (χ1v) is 5.35. The van der Waals surface area contributed by atoms with Gasteiger partial charge in [0.15, 0.2) is 0 Å². The quantitative estimate of drug-likeness (QED) is 0.805. The Labute approximate surface area is 94.3 Å². The van der Waals surface area contributed by atoms with Crippen molar-refractivity contribution in [3.05, 3.63) is 23.7 Å². The fourth-order valence-electron chi connectivity index (χ4n) is 1.51. The molecule has 0 aromatic carbocycles. The highest BCUT2D eigenvalue weighted by Crippen LogP contribution is 2.22. The third-order valence-corrected chi connectivity index (χ3v) is 2.46. The third kappa shape index (κ3) is 3.22. The molecule has 1 atom stereocenters. The second kappa shape index (κ2) is 5.49. The van der Waals surface area contributed by atoms with E-state index < -0.39 is 11.9 Å². The maximum atomic E-state index is 10.9. The predicted molar refractivity (Wildman–Crippen MR) is 58.4 cm³/mol. The molecule has 0 bridgehead atoms. The lowest BCUT2D eigenvalue weighted by molar-refractivity contribution is -0.139. The maximum Gasteiger partial charge on any atom is 0.314 e. The van der Waals surface area contributed by atoms with E-state index in [1.165, 1.54) is 6.92 Å². The van der Waals surface area contributed by atoms with E-state index in [-0.39, 0.29) is 5.78 Å². The zero-order valence-electron chi connectivity index (χ0n) is 9.53. The molecular formula is C12H16O4. The van der Waals surface area contributed by atoms with E-state index >= 15 is 0 Å². The highest BCUT2D eigenvalue weighted by molar-refractivity contribution is 5.76. The van der Waals surface area contributed by atoms with Crippen molar-refractivity contribution in [2.24, 2.45) is 0 Å². The second-order valence-electron chi connectivity index (χ2n) is 3.81. The Bertz CT molecular complexity index is 378. The summed E-state index contributed by atoms with van der Waals surface area (Å²) in [7, 11) is 0. The molecule has 1 N–H and O–H groups in total. The summed E-state index contributed by atoms with van der Waals surface area (Å²) in [6.45, 7) is 3.33. The Morgan fingerprint density at radius 1 is 1.44 bits per heavy atom. The normalized spacial score (nSPS) is 12.4. The standard InChI is InChI=1S/C12H16O4/c1-3-10(12(14)15)11-7-6-9(16-11)5-4-8(2)13/h6-7,10H,3-5H2,1-2H3,(H,14,15). The summed E-state index contributed by atoms with van der Waals surface area (Å²) in [5, 5.41) is 8.94.